The van der Waals surface area contributed by atoms with Crippen LogP contribution in [0.25, 0.3) is 0 Å². The fourth-order valence-electron chi connectivity index (χ4n) is 3.50. The number of nitrogens with one attached hydrogen (secondary N) is 2. The molecule has 0 radical (unpaired) electrons. The lowest BCUT2D eigenvalue weighted by molar-refractivity contribution is 0.182. The topological polar surface area (TPSA) is 81.9 Å². The number of rotatable bonds is 13. The van der Waals surface area contributed by atoms with E-state index in [1.807, 2.05) is 24.6 Å². The summed E-state index contributed by atoms with van der Waals surface area (Å²) in [5.41, 5.74) is 4.55. The van der Waals surface area contributed by atoms with Crippen molar-refractivity contribution in [3.05, 3.63) is 40.7 Å². The maximum Gasteiger partial charge on any atom is 0.191 e. The van der Waals surface area contributed by atoms with Gasteiger partial charge >= 0.3 is 0 Å². The number of aliphatic imine (C=N–C) groups is 1. The average molecular weight is 574 g/mol. The summed E-state index contributed by atoms with van der Waals surface area (Å²) in [5, 5.41) is 11.4. The van der Waals surface area contributed by atoms with Crippen LogP contribution in [0.3, 0.4) is 0 Å². The van der Waals surface area contributed by atoms with Gasteiger partial charge in [0, 0.05) is 31.5 Å². The summed E-state index contributed by atoms with van der Waals surface area (Å²) in [6.45, 7) is 12.4. The van der Waals surface area contributed by atoms with Crippen molar-refractivity contribution in [1.82, 2.24) is 20.4 Å². The Bertz CT molecular complexity index is 870. The van der Waals surface area contributed by atoms with Crippen molar-refractivity contribution in [2.75, 3.05) is 40.5 Å². The Balaban J connectivity index is 0.00000544. The molecule has 1 heterocycles. The SMILES string of the molecule is CCNC(=NCc1c(C)nn(CCOC)c1C)NCCCc1ccc(OC)c(OCC)c1.I. The summed E-state index contributed by atoms with van der Waals surface area (Å²) in [7, 11) is 3.37. The highest BCUT2D eigenvalue weighted by atomic mass is 127. The number of hydrogen-bond acceptors (Lipinski definition) is 5. The van der Waals surface area contributed by atoms with Crippen molar-refractivity contribution in [1.29, 1.82) is 0 Å². The van der Waals surface area contributed by atoms with Gasteiger partial charge in [-0.3, -0.25) is 4.68 Å². The van der Waals surface area contributed by atoms with E-state index in [1.165, 1.54) is 11.1 Å². The lowest BCUT2D eigenvalue weighted by Gasteiger charge is -2.13. The number of guanidine groups is 1. The number of ether oxygens (including phenoxy) is 3. The van der Waals surface area contributed by atoms with E-state index in [1.54, 1.807) is 14.2 Å². The second-order valence-corrected chi connectivity index (χ2v) is 7.51. The number of methoxy groups -OCH3 is 2. The molecule has 0 aliphatic carbocycles. The van der Waals surface area contributed by atoms with E-state index in [4.69, 9.17) is 19.2 Å². The Morgan fingerprint density at radius 2 is 1.91 bits per heavy atom. The van der Waals surface area contributed by atoms with Gasteiger partial charge in [0.1, 0.15) is 0 Å². The number of nitrogens with zero attached hydrogens (tertiary/aromatic N) is 3. The molecule has 0 bridgehead atoms. The molecular formula is C24H40IN5O3. The third kappa shape index (κ3) is 9.04. The Labute approximate surface area is 215 Å². The summed E-state index contributed by atoms with van der Waals surface area (Å²) in [4.78, 5) is 4.78. The van der Waals surface area contributed by atoms with Crippen LogP contribution in [0.1, 0.15) is 42.8 Å². The summed E-state index contributed by atoms with van der Waals surface area (Å²) < 4.78 is 18.2. The van der Waals surface area contributed by atoms with Crippen molar-refractivity contribution in [2.45, 2.75) is 53.6 Å². The van der Waals surface area contributed by atoms with Crippen LogP contribution < -0.4 is 20.1 Å². The first-order valence-corrected chi connectivity index (χ1v) is 11.4. The number of halogens is 1. The predicted octanol–water partition coefficient (Wildman–Crippen LogP) is 3.86. The lowest BCUT2D eigenvalue weighted by Crippen LogP contribution is -2.37. The van der Waals surface area contributed by atoms with Crippen molar-refractivity contribution in [3.8, 4) is 11.5 Å². The summed E-state index contributed by atoms with van der Waals surface area (Å²) >= 11 is 0. The highest BCUT2D eigenvalue weighted by molar-refractivity contribution is 14.0. The monoisotopic (exact) mass is 573 g/mol. The molecule has 0 spiro atoms. The van der Waals surface area contributed by atoms with Crippen LogP contribution >= 0.6 is 24.0 Å². The summed E-state index contributed by atoms with van der Waals surface area (Å²) in [6, 6.07) is 6.12. The standard InChI is InChI=1S/C24H39N5O3.HI/c1-7-25-24(27-17-21-18(3)28-29(19(21)4)14-15-30-5)26-13-9-10-20-11-12-22(31-6)23(16-20)32-8-2;/h11-12,16H,7-10,13-15,17H2,1-6H3,(H2,25,26,27);1H. The molecule has 186 valence electrons. The lowest BCUT2D eigenvalue weighted by atomic mass is 10.1. The van der Waals surface area contributed by atoms with Gasteiger partial charge in [0.05, 0.1) is 39.1 Å². The molecule has 0 fully saturated rings. The molecule has 0 aliphatic rings. The Morgan fingerprint density at radius 3 is 2.58 bits per heavy atom. The first-order chi connectivity index (χ1) is 15.5. The van der Waals surface area contributed by atoms with Crippen LogP contribution in [0.2, 0.25) is 0 Å². The smallest absolute Gasteiger partial charge is 0.191 e. The van der Waals surface area contributed by atoms with Gasteiger partial charge in [-0.1, -0.05) is 6.07 Å². The van der Waals surface area contributed by atoms with E-state index in [0.717, 1.165) is 61.3 Å². The Hall–Kier alpha value is -2.01. The van der Waals surface area contributed by atoms with E-state index in [0.29, 0.717) is 19.8 Å². The molecule has 0 amide bonds. The molecule has 0 atom stereocenters. The molecule has 1 aromatic heterocycles. The van der Waals surface area contributed by atoms with Gasteiger partial charge in [-0.05, 0) is 58.2 Å². The third-order valence-electron chi connectivity index (χ3n) is 5.24. The quantitative estimate of drug-likeness (QED) is 0.164. The molecule has 2 aromatic rings. The largest absolute Gasteiger partial charge is 0.493 e. The molecule has 0 saturated heterocycles. The Morgan fingerprint density at radius 1 is 1.12 bits per heavy atom. The number of hydrogen-bond donors (Lipinski definition) is 2. The van der Waals surface area contributed by atoms with Crippen LogP contribution in [0.5, 0.6) is 11.5 Å². The third-order valence-corrected chi connectivity index (χ3v) is 5.24. The molecular weight excluding hydrogens is 533 g/mol. The van der Waals surface area contributed by atoms with Crippen LogP contribution in [0.4, 0.5) is 0 Å². The Kier molecular flexibility index (Phi) is 13.9. The van der Waals surface area contributed by atoms with Crippen LogP contribution in [0.15, 0.2) is 23.2 Å². The van der Waals surface area contributed by atoms with Gasteiger partial charge in [-0.15, -0.1) is 24.0 Å². The predicted molar refractivity (Wildman–Crippen MR) is 144 cm³/mol. The zero-order chi connectivity index (χ0) is 23.3. The van der Waals surface area contributed by atoms with Gasteiger partial charge in [0.25, 0.3) is 0 Å². The zero-order valence-corrected chi connectivity index (χ0v) is 23.2. The van der Waals surface area contributed by atoms with Gasteiger partial charge in [-0.25, -0.2) is 4.99 Å². The first kappa shape index (κ1) is 29.0. The van der Waals surface area contributed by atoms with Gasteiger partial charge in [0.2, 0.25) is 0 Å². The van der Waals surface area contributed by atoms with Crippen molar-refractivity contribution < 1.29 is 14.2 Å². The van der Waals surface area contributed by atoms with E-state index in [2.05, 4.69) is 41.7 Å². The molecule has 8 nitrogen and oxygen atoms in total. The molecule has 2 rings (SSSR count). The van der Waals surface area contributed by atoms with E-state index < -0.39 is 0 Å². The zero-order valence-electron chi connectivity index (χ0n) is 20.9. The van der Waals surface area contributed by atoms with Crippen molar-refractivity contribution in [3.63, 3.8) is 0 Å². The van der Waals surface area contributed by atoms with Crippen LogP contribution in [-0.2, 0) is 24.2 Å². The maximum absolute atomic E-state index is 5.68. The van der Waals surface area contributed by atoms with E-state index >= 15 is 0 Å². The van der Waals surface area contributed by atoms with E-state index in [-0.39, 0.29) is 24.0 Å². The van der Waals surface area contributed by atoms with Gasteiger partial charge in [-0.2, -0.15) is 5.10 Å². The number of benzene rings is 1. The van der Waals surface area contributed by atoms with Crippen molar-refractivity contribution in [2.24, 2.45) is 4.99 Å². The van der Waals surface area contributed by atoms with Gasteiger partial charge in [0.15, 0.2) is 17.5 Å². The molecule has 0 aliphatic heterocycles. The molecule has 9 heteroatoms. The van der Waals surface area contributed by atoms with Crippen LogP contribution in [0, 0.1) is 13.8 Å². The molecule has 33 heavy (non-hydrogen) atoms. The highest BCUT2D eigenvalue weighted by Crippen LogP contribution is 2.28. The molecule has 2 N–H and O–H groups in total. The maximum atomic E-state index is 5.68. The average Bonchev–Trinajstić information content (AvgIpc) is 3.06. The minimum atomic E-state index is 0. The number of aryl methyl sites for hydroxylation is 2. The summed E-state index contributed by atoms with van der Waals surface area (Å²) in [6.07, 6.45) is 1.93. The van der Waals surface area contributed by atoms with Crippen molar-refractivity contribution >= 4 is 29.9 Å². The minimum Gasteiger partial charge on any atom is -0.493 e. The van der Waals surface area contributed by atoms with Gasteiger partial charge < -0.3 is 24.8 Å². The molecule has 0 saturated carbocycles. The fourth-order valence-corrected chi connectivity index (χ4v) is 3.50. The second kappa shape index (κ2) is 15.8. The van der Waals surface area contributed by atoms with E-state index in [9.17, 15) is 0 Å². The molecule has 0 unspecified atom stereocenters. The normalized spacial score (nSPS) is 11.2. The first-order valence-electron chi connectivity index (χ1n) is 11.4. The fraction of sp³-hybridized carbons (Fsp3) is 0.583. The molecule has 1 aromatic carbocycles. The highest BCUT2D eigenvalue weighted by Gasteiger charge is 2.11. The number of aromatic nitrogens is 2. The second-order valence-electron chi connectivity index (χ2n) is 7.51. The minimum absolute atomic E-state index is 0. The van der Waals surface area contributed by atoms with Crippen LogP contribution in [-0.4, -0.2) is 56.3 Å². The summed E-state index contributed by atoms with van der Waals surface area (Å²) in [5.74, 6) is 2.39.